The lowest BCUT2D eigenvalue weighted by Crippen LogP contribution is -2.53. The van der Waals surface area contributed by atoms with Gasteiger partial charge in [-0.2, -0.15) is 4.31 Å². The lowest BCUT2D eigenvalue weighted by Gasteiger charge is -2.36. The summed E-state index contributed by atoms with van der Waals surface area (Å²) in [6.07, 6.45) is 5.03. The Kier molecular flexibility index (Phi) is 6.00. The van der Waals surface area contributed by atoms with Crippen molar-refractivity contribution in [1.29, 1.82) is 0 Å². The van der Waals surface area contributed by atoms with Crippen LogP contribution in [0.15, 0.2) is 23.1 Å². The van der Waals surface area contributed by atoms with Crippen molar-refractivity contribution >= 4 is 15.9 Å². The molecule has 1 atom stereocenters. The highest BCUT2D eigenvalue weighted by Crippen LogP contribution is 2.27. The van der Waals surface area contributed by atoms with E-state index in [-0.39, 0.29) is 11.9 Å². The fourth-order valence-electron chi connectivity index (χ4n) is 4.81. The standard InChI is InChI=1S/C22H33N3O3S/c1-17(2)8-10-24-11-9-21(22(24)26)23-12-14-25(15-13-23)29(27,28)20-7-6-18-4-3-5-19(18)16-20/h6-7,16-17,21H,3-5,8-15H2,1-2H3. The smallest absolute Gasteiger partial charge is 0.243 e. The van der Waals surface area contributed by atoms with Crippen LogP contribution < -0.4 is 0 Å². The number of carbonyl (C=O) groups excluding carboxylic acids is 1. The van der Waals surface area contributed by atoms with Crippen LogP contribution in [-0.2, 0) is 27.7 Å². The second-order valence-electron chi connectivity index (χ2n) is 9.04. The molecule has 1 aromatic rings. The maximum Gasteiger partial charge on any atom is 0.243 e. The summed E-state index contributed by atoms with van der Waals surface area (Å²) in [4.78, 5) is 17.4. The molecule has 4 rings (SSSR count). The molecular formula is C22H33N3O3S. The van der Waals surface area contributed by atoms with Gasteiger partial charge in [0.1, 0.15) is 0 Å². The predicted octanol–water partition coefficient (Wildman–Crippen LogP) is 2.13. The summed E-state index contributed by atoms with van der Waals surface area (Å²) in [5.41, 5.74) is 2.47. The monoisotopic (exact) mass is 419 g/mol. The summed E-state index contributed by atoms with van der Waals surface area (Å²) >= 11 is 0. The number of amides is 1. The first-order valence-corrected chi connectivity index (χ1v) is 12.4. The Morgan fingerprint density at radius 1 is 1.03 bits per heavy atom. The quantitative estimate of drug-likeness (QED) is 0.709. The van der Waals surface area contributed by atoms with E-state index in [0.29, 0.717) is 37.0 Å². The van der Waals surface area contributed by atoms with E-state index in [4.69, 9.17) is 0 Å². The SMILES string of the molecule is CC(C)CCN1CCC(N2CCN(S(=O)(=O)c3ccc4c(c3)CCC4)CC2)C1=O. The molecule has 0 radical (unpaired) electrons. The van der Waals surface area contributed by atoms with Gasteiger partial charge >= 0.3 is 0 Å². The van der Waals surface area contributed by atoms with Crippen LogP contribution in [0.1, 0.15) is 44.2 Å². The van der Waals surface area contributed by atoms with E-state index in [0.717, 1.165) is 45.2 Å². The van der Waals surface area contributed by atoms with Gasteiger partial charge in [-0.3, -0.25) is 9.69 Å². The van der Waals surface area contributed by atoms with Crippen molar-refractivity contribution in [2.75, 3.05) is 39.3 Å². The van der Waals surface area contributed by atoms with Crippen LogP contribution in [0.3, 0.4) is 0 Å². The van der Waals surface area contributed by atoms with Crippen molar-refractivity contribution < 1.29 is 13.2 Å². The maximum atomic E-state index is 13.1. The zero-order valence-electron chi connectivity index (χ0n) is 17.6. The van der Waals surface area contributed by atoms with Gasteiger partial charge in [0, 0.05) is 39.3 Å². The molecule has 29 heavy (non-hydrogen) atoms. The van der Waals surface area contributed by atoms with E-state index in [1.807, 2.05) is 17.0 Å². The lowest BCUT2D eigenvalue weighted by atomic mass is 10.1. The molecule has 1 aliphatic carbocycles. The molecule has 1 aromatic carbocycles. The second-order valence-corrected chi connectivity index (χ2v) is 11.0. The van der Waals surface area contributed by atoms with Crippen LogP contribution in [0.25, 0.3) is 0 Å². The minimum Gasteiger partial charge on any atom is -0.341 e. The Morgan fingerprint density at radius 2 is 1.76 bits per heavy atom. The van der Waals surface area contributed by atoms with E-state index in [1.165, 1.54) is 11.1 Å². The molecule has 0 aromatic heterocycles. The number of benzene rings is 1. The largest absolute Gasteiger partial charge is 0.341 e. The lowest BCUT2D eigenvalue weighted by molar-refractivity contribution is -0.132. The van der Waals surface area contributed by atoms with E-state index >= 15 is 0 Å². The van der Waals surface area contributed by atoms with E-state index in [1.54, 1.807) is 10.4 Å². The number of hydrogen-bond acceptors (Lipinski definition) is 4. The Morgan fingerprint density at radius 3 is 2.48 bits per heavy atom. The number of likely N-dealkylation sites (tertiary alicyclic amines) is 1. The first-order valence-electron chi connectivity index (χ1n) is 11.0. The van der Waals surface area contributed by atoms with Gasteiger partial charge in [-0.1, -0.05) is 19.9 Å². The van der Waals surface area contributed by atoms with E-state index < -0.39 is 10.0 Å². The van der Waals surface area contributed by atoms with Crippen molar-refractivity contribution in [3.8, 4) is 0 Å². The van der Waals surface area contributed by atoms with Gasteiger partial charge in [0.2, 0.25) is 15.9 Å². The Hall–Kier alpha value is -1.44. The molecule has 2 heterocycles. The summed E-state index contributed by atoms with van der Waals surface area (Å²) in [6.45, 7) is 8.17. The molecule has 0 saturated carbocycles. The van der Waals surface area contributed by atoms with E-state index in [9.17, 15) is 13.2 Å². The van der Waals surface area contributed by atoms with Crippen molar-refractivity contribution in [2.45, 2.75) is 56.9 Å². The molecule has 2 fully saturated rings. The fourth-order valence-corrected chi connectivity index (χ4v) is 6.28. The van der Waals surface area contributed by atoms with Crippen LogP contribution in [0, 0.1) is 5.92 Å². The third-order valence-corrected chi connectivity index (χ3v) is 8.56. The molecule has 1 amide bonds. The minimum absolute atomic E-state index is 0.0768. The maximum absolute atomic E-state index is 13.1. The van der Waals surface area contributed by atoms with Crippen molar-refractivity contribution in [3.63, 3.8) is 0 Å². The van der Waals surface area contributed by atoms with Gasteiger partial charge in [-0.15, -0.1) is 0 Å². The van der Waals surface area contributed by atoms with Crippen molar-refractivity contribution in [2.24, 2.45) is 5.92 Å². The topological polar surface area (TPSA) is 60.9 Å². The van der Waals surface area contributed by atoms with Crippen LogP contribution in [0.5, 0.6) is 0 Å². The zero-order valence-corrected chi connectivity index (χ0v) is 18.5. The average Bonchev–Trinajstić information content (AvgIpc) is 3.32. The fraction of sp³-hybridized carbons (Fsp3) is 0.682. The molecule has 2 saturated heterocycles. The highest BCUT2D eigenvalue weighted by molar-refractivity contribution is 7.89. The Balaban J connectivity index is 1.36. The molecule has 7 heteroatoms. The van der Waals surface area contributed by atoms with Gasteiger partial charge in [0.05, 0.1) is 10.9 Å². The van der Waals surface area contributed by atoms with Crippen LogP contribution >= 0.6 is 0 Å². The van der Waals surface area contributed by atoms with Gasteiger partial charge in [0.25, 0.3) is 0 Å². The molecule has 0 spiro atoms. The zero-order chi connectivity index (χ0) is 20.6. The Labute approximate surface area is 174 Å². The first kappa shape index (κ1) is 20.8. The van der Waals surface area contributed by atoms with Crippen LogP contribution in [0.4, 0.5) is 0 Å². The van der Waals surface area contributed by atoms with Gasteiger partial charge in [0.15, 0.2) is 0 Å². The number of hydrogen-bond donors (Lipinski definition) is 0. The molecule has 2 aliphatic heterocycles. The number of nitrogens with zero attached hydrogens (tertiary/aromatic N) is 3. The first-order chi connectivity index (χ1) is 13.9. The number of sulfonamides is 1. The molecule has 160 valence electrons. The molecule has 0 bridgehead atoms. The van der Waals surface area contributed by atoms with Gasteiger partial charge in [-0.05, 0) is 61.3 Å². The predicted molar refractivity (Wildman–Crippen MR) is 113 cm³/mol. The summed E-state index contributed by atoms with van der Waals surface area (Å²) in [5.74, 6) is 0.815. The number of rotatable bonds is 6. The number of carbonyl (C=O) groups is 1. The second kappa shape index (κ2) is 8.36. The summed E-state index contributed by atoms with van der Waals surface area (Å²) in [5, 5.41) is 0. The molecule has 0 N–H and O–H groups in total. The molecular weight excluding hydrogens is 386 g/mol. The number of aryl methyl sites for hydroxylation is 2. The highest BCUT2D eigenvalue weighted by atomic mass is 32.2. The van der Waals surface area contributed by atoms with Crippen molar-refractivity contribution in [3.05, 3.63) is 29.3 Å². The summed E-state index contributed by atoms with van der Waals surface area (Å²) in [6, 6.07) is 5.54. The average molecular weight is 420 g/mol. The number of fused-ring (bicyclic) bond motifs is 1. The third kappa shape index (κ3) is 4.23. The molecule has 6 nitrogen and oxygen atoms in total. The van der Waals surface area contributed by atoms with Gasteiger partial charge in [-0.25, -0.2) is 8.42 Å². The third-order valence-electron chi connectivity index (χ3n) is 6.67. The summed E-state index contributed by atoms with van der Waals surface area (Å²) < 4.78 is 27.8. The minimum atomic E-state index is -3.46. The number of piperazine rings is 1. The summed E-state index contributed by atoms with van der Waals surface area (Å²) in [7, 11) is -3.46. The van der Waals surface area contributed by atoms with Gasteiger partial charge < -0.3 is 4.90 Å². The Bertz CT molecular complexity index is 860. The molecule has 1 unspecified atom stereocenters. The van der Waals surface area contributed by atoms with Crippen molar-refractivity contribution in [1.82, 2.24) is 14.1 Å². The highest BCUT2D eigenvalue weighted by Gasteiger charge is 2.38. The van der Waals surface area contributed by atoms with Crippen LogP contribution in [0.2, 0.25) is 0 Å². The molecule has 3 aliphatic rings. The van der Waals surface area contributed by atoms with E-state index in [2.05, 4.69) is 18.7 Å². The normalized spacial score (nSPS) is 23.9. The van der Waals surface area contributed by atoms with Crippen LogP contribution in [-0.4, -0.2) is 73.7 Å².